The Labute approximate surface area is 238 Å². The maximum Gasteiger partial charge on any atom is 0.387 e. The van der Waals surface area contributed by atoms with Crippen molar-refractivity contribution in [2.75, 3.05) is 13.2 Å². The van der Waals surface area contributed by atoms with Gasteiger partial charge in [-0.3, -0.25) is 9.59 Å². The number of nitrogens with one attached hydrogen (secondary N) is 1. The van der Waals surface area contributed by atoms with E-state index < -0.39 is 48.8 Å². The van der Waals surface area contributed by atoms with Gasteiger partial charge in [-0.1, -0.05) is 6.07 Å². The summed E-state index contributed by atoms with van der Waals surface area (Å²) in [6, 6.07) is 4.80. The molecule has 0 spiro atoms. The Bertz CT molecular complexity index is 1380. The second-order valence-electron chi connectivity index (χ2n) is 9.31. The van der Waals surface area contributed by atoms with Gasteiger partial charge in [-0.15, -0.1) is 12.4 Å². The first-order valence-electron chi connectivity index (χ1n) is 12.4. The number of rotatable bonds is 12. The zero-order valence-electron chi connectivity index (χ0n) is 22.0. The van der Waals surface area contributed by atoms with Crippen molar-refractivity contribution in [1.82, 2.24) is 10.3 Å². The average molecular weight is 602 g/mol. The summed E-state index contributed by atoms with van der Waals surface area (Å²) in [5, 5.41) is 2.52. The number of carbonyl (C=O) groups excluding carboxylic acids is 2. The minimum absolute atomic E-state index is 0. The zero-order valence-corrected chi connectivity index (χ0v) is 22.8. The van der Waals surface area contributed by atoms with E-state index in [1.54, 1.807) is 6.92 Å². The largest absolute Gasteiger partial charge is 0.489 e. The molecule has 0 unspecified atom stereocenters. The molecule has 0 radical (unpaired) electrons. The van der Waals surface area contributed by atoms with Crippen LogP contribution in [0.2, 0.25) is 0 Å². The zero-order chi connectivity index (χ0) is 29.0. The van der Waals surface area contributed by atoms with E-state index in [0.29, 0.717) is 18.6 Å². The molecule has 0 aliphatic heterocycles. The lowest BCUT2D eigenvalue weighted by atomic mass is 10.1. The van der Waals surface area contributed by atoms with Gasteiger partial charge < -0.3 is 29.7 Å². The Morgan fingerprint density at radius 2 is 1.88 bits per heavy atom. The fraction of sp³-hybridized carbons (Fsp3) is 0.370. The Kier molecular flexibility index (Phi) is 10.6. The molecule has 1 heterocycles. The number of aromatic nitrogens is 1. The second kappa shape index (κ2) is 13.7. The van der Waals surface area contributed by atoms with Gasteiger partial charge in [0.05, 0.1) is 18.7 Å². The van der Waals surface area contributed by atoms with Crippen LogP contribution in [0.15, 0.2) is 40.8 Å². The van der Waals surface area contributed by atoms with Crippen molar-refractivity contribution in [2.45, 2.75) is 45.4 Å². The van der Waals surface area contributed by atoms with Crippen molar-refractivity contribution in [3.05, 3.63) is 65.1 Å². The van der Waals surface area contributed by atoms with Crippen LogP contribution in [-0.2, 0) is 9.53 Å². The molecule has 0 bridgehead atoms. The number of halogens is 5. The van der Waals surface area contributed by atoms with Crippen molar-refractivity contribution in [3.8, 4) is 23.0 Å². The maximum atomic E-state index is 14.5. The summed E-state index contributed by atoms with van der Waals surface area (Å²) in [4.78, 5) is 28.9. The van der Waals surface area contributed by atoms with E-state index in [2.05, 4.69) is 15.0 Å². The number of alkyl halides is 2. The van der Waals surface area contributed by atoms with Crippen LogP contribution in [-0.4, -0.2) is 36.7 Å². The highest BCUT2D eigenvalue weighted by Crippen LogP contribution is 2.37. The topological polar surface area (TPSA) is 126 Å². The quantitative estimate of drug-likeness (QED) is 0.206. The summed E-state index contributed by atoms with van der Waals surface area (Å²) >= 11 is 0. The van der Waals surface area contributed by atoms with Crippen LogP contribution >= 0.6 is 12.4 Å². The molecule has 0 saturated heterocycles. The van der Waals surface area contributed by atoms with Gasteiger partial charge in [0.25, 0.3) is 5.91 Å². The van der Waals surface area contributed by atoms with Crippen molar-refractivity contribution < 1.29 is 45.8 Å². The third kappa shape index (κ3) is 8.33. The van der Waals surface area contributed by atoms with Crippen LogP contribution in [0.1, 0.15) is 60.6 Å². The van der Waals surface area contributed by atoms with Crippen molar-refractivity contribution in [1.29, 1.82) is 0 Å². The first-order valence-corrected chi connectivity index (χ1v) is 12.4. The molecule has 1 saturated carbocycles. The molecule has 3 N–H and O–H groups in total. The number of hydrogen-bond donors (Lipinski definition) is 2. The monoisotopic (exact) mass is 601 g/mol. The Morgan fingerprint density at radius 3 is 2.49 bits per heavy atom. The first-order chi connectivity index (χ1) is 19.0. The molecule has 1 amide bonds. The van der Waals surface area contributed by atoms with Crippen LogP contribution in [0.3, 0.4) is 0 Å². The van der Waals surface area contributed by atoms with Crippen LogP contribution in [0.25, 0.3) is 11.5 Å². The van der Waals surface area contributed by atoms with Gasteiger partial charge in [0.1, 0.15) is 18.2 Å². The van der Waals surface area contributed by atoms with E-state index in [1.807, 2.05) is 0 Å². The Morgan fingerprint density at radius 1 is 1.15 bits per heavy atom. The number of benzene rings is 2. The third-order valence-electron chi connectivity index (χ3n) is 5.96. The van der Waals surface area contributed by atoms with Gasteiger partial charge in [-0.05, 0) is 49.9 Å². The molecule has 1 aliphatic carbocycles. The minimum Gasteiger partial charge on any atom is -0.489 e. The van der Waals surface area contributed by atoms with Crippen LogP contribution in [0.4, 0.5) is 17.6 Å². The number of nitrogens with zero attached hydrogens (tertiary/aromatic N) is 1. The number of esters is 1. The normalized spacial score (nSPS) is 14.1. The molecule has 3 aromatic rings. The smallest absolute Gasteiger partial charge is 0.387 e. The summed E-state index contributed by atoms with van der Waals surface area (Å²) in [6.45, 7) is -0.521. The van der Waals surface area contributed by atoms with Crippen LogP contribution in [0, 0.1) is 17.6 Å². The summed E-state index contributed by atoms with van der Waals surface area (Å²) in [6.07, 6.45) is 1.95. The molecule has 14 heteroatoms. The highest BCUT2D eigenvalue weighted by molar-refractivity contribution is 5.94. The predicted molar refractivity (Wildman–Crippen MR) is 140 cm³/mol. The van der Waals surface area contributed by atoms with Gasteiger partial charge >= 0.3 is 12.6 Å². The van der Waals surface area contributed by atoms with Gasteiger partial charge in [0.2, 0.25) is 5.89 Å². The van der Waals surface area contributed by atoms with Gasteiger partial charge in [0.15, 0.2) is 23.0 Å². The minimum atomic E-state index is -3.07. The summed E-state index contributed by atoms with van der Waals surface area (Å²) in [5.74, 6) is -3.20. The van der Waals surface area contributed by atoms with E-state index in [0.717, 1.165) is 31.9 Å². The lowest BCUT2D eigenvalue weighted by Crippen LogP contribution is -2.33. The van der Waals surface area contributed by atoms with Gasteiger partial charge in [-0.2, -0.15) is 8.78 Å². The highest BCUT2D eigenvalue weighted by atomic mass is 35.5. The molecule has 41 heavy (non-hydrogen) atoms. The second-order valence-corrected chi connectivity index (χ2v) is 9.31. The van der Waals surface area contributed by atoms with Crippen LogP contribution < -0.4 is 20.5 Å². The molecule has 9 nitrogen and oxygen atoms in total. The Balaban J connectivity index is 0.00000462. The highest BCUT2D eigenvalue weighted by Gasteiger charge is 2.28. The van der Waals surface area contributed by atoms with E-state index in [9.17, 15) is 27.2 Å². The lowest BCUT2D eigenvalue weighted by molar-refractivity contribution is -0.141. The summed E-state index contributed by atoms with van der Waals surface area (Å²) in [5.41, 5.74) is 5.92. The maximum absolute atomic E-state index is 14.5. The van der Waals surface area contributed by atoms with Gasteiger partial charge in [0, 0.05) is 24.1 Å². The molecule has 1 fully saturated rings. The van der Waals surface area contributed by atoms with Gasteiger partial charge in [-0.25, -0.2) is 13.8 Å². The fourth-order valence-corrected chi connectivity index (χ4v) is 3.79. The summed E-state index contributed by atoms with van der Waals surface area (Å²) in [7, 11) is 0. The van der Waals surface area contributed by atoms with E-state index in [-0.39, 0.29) is 52.4 Å². The first kappa shape index (κ1) is 31.7. The lowest BCUT2D eigenvalue weighted by Gasteiger charge is -2.19. The SMILES string of the molecule is CC(=O)OC[C@H](NC(=O)c1nc(-c2ccc(OC(F)F)c(OCC3CC3)c2)oc1[C@H](C)N)c1ccc(F)cc1F.Cl. The average Bonchev–Trinajstić information content (AvgIpc) is 3.60. The predicted octanol–water partition coefficient (Wildman–Crippen LogP) is 5.49. The van der Waals surface area contributed by atoms with Crippen molar-refractivity contribution >= 4 is 24.3 Å². The molecule has 222 valence electrons. The molecule has 2 atom stereocenters. The molecular weight excluding hydrogens is 574 g/mol. The number of ether oxygens (including phenoxy) is 3. The number of oxazole rings is 1. The van der Waals surface area contributed by atoms with E-state index in [1.165, 1.54) is 18.2 Å². The molecule has 1 aromatic heterocycles. The number of hydrogen-bond acceptors (Lipinski definition) is 8. The van der Waals surface area contributed by atoms with E-state index >= 15 is 0 Å². The Hall–Kier alpha value is -3.84. The summed E-state index contributed by atoms with van der Waals surface area (Å²) < 4.78 is 74.8. The fourth-order valence-electron chi connectivity index (χ4n) is 3.79. The number of nitrogens with two attached hydrogens (primary N) is 1. The molecule has 4 rings (SSSR count). The number of amides is 1. The van der Waals surface area contributed by atoms with Crippen molar-refractivity contribution in [3.63, 3.8) is 0 Å². The van der Waals surface area contributed by atoms with Crippen molar-refractivity contribution in [2.24, 2.45) is 11.7 Å². The standard InChI is InChI=1S/C27H27F4N3O6.ClH/c1-13(32)24-23(25(36)33-20(12-37-14(2)35)18-7-6-17(28)10-19(18)29)34-26(40-24)16-5-8-21(39-27(30)31)22(9-16)38-11-15-3-4-15;/h5-10,13,15,20,27H,3-4,11-12,32H2,1-2H3,(H,33,36);1H/t13-,20-;/m0./s1. The van der Waals surface area contributed by atoms with Crippen LogP contribution in [0.5, 0.6) is 11.5 Å². The molecule has 2 aromatic carbocycles. The number of carbonyl (C=O) groups is 2. The third-order valence-corrected chi connectivity index (χ3v) is 5.96. The van der Waals surface area contributed by atoms with E-state index in [4.69, 9.17) is 19.6 Å². The molecular formula is C27H28ClF4N3O6. The molecule has 1 aliphatic rings.